The van der Waals surface area contributed by atoms with Gasteiger partial charge in [-0.1, -0.05) is 30.3 Å². The maximum Gasteiger partial charge on any atom is 0.207 e. The van der Waals surface area contributed by atoms with Gasteiger partial charge in [0.15, 0.2) is 0 Å². The van der Waals surface area contributed by atoms with Crippen molar-refractivity contribution in [1.82, 2.24) is 0 Å². The van der Waals surface area contributed by atoms with Crippen LogP contribution in [0.5, 0.6) is 0 Å². The van der Waals surface area contributed by atoms with Crippen LogP contribution in [0.4, 0.5) is 17.3 Å². The van der Waals surface area contributed by atoms with Gasteiger partial charge >= 0.3 is 0 Å². The van der Waals surface area contributed by atoms with E-state index in [1.54, 1.807) is 0 Å². The van der Waals surface area contributed by atoms with Crippen molar-refractivity contribution in [3.63, 3.8) is 0 Å². The number of nitrogens with zero attached hydrogens (tertiary/aromatic N) is 1. The maximum atomic E-state index is 6.28. The van der Waals surface area contributed by atoms with Crippen molar-refractivity contribution in [3.05, 3.63) is 76.5 Å². The fourth-order valence-electron chi connectivity index (χ4n) is 4.65. The van der Waals surface area contributed by atoms with Gasteiger partial charge in [-0.2, -0.15) is 0 Å². The molecule has 1 aliphatic heterocycles. The highest BCUT2D eigenvalue weighted by Gasteiger charge is 2.27. The number of fused-ring (bicyclic) bond motifs is 3. The largest absolute Gasteiger partial charge is 0.445 e. The summed E-state index contributed by atoms with van der Waals surface area (Å²) >= 11 is 0. The summed E-state index contributed by atoms with van der Waals surface area (Å²) in [4.78, 5) is 2.40. The van der Waals surface area contributed by atoms with E-state index in [1.165, 1.54) is 65.7 Å². The number of hydrogen-bond donors (Lipinski definition) is 0. The molecule has 3 aromatic rings. The number of benzene rings is 2. The number of aryl methyl sites for hydroxylation is 4. The third kappa shape index (κ3) is 2.56. The van der Waals surface area contributed by atoms with Gasteiger partial charge in [-0.3, -0.25) is 4.90 Å². The zero-order valence-electron chi connectivity index (χ0n) is 15.4. The van der Waals surface area contributed by atoms with Crippen molar-refractivity contribution >= 4 is 17.3 Å². The Morgan fingerprint density at radius 2 is 1.46 bits per heavy atom. The molecule has 2 nitrogen and oxygen atoms in total. The topological polar surface area (TPSA) is 16.4 Å². The first-order valence-electron chi connectivity index (χ1n) is 9.89. The monoisotopic (exact) mass is 343 g/mol. The van der Waals surface area contributed by atoms with Crippen LogP contribution in [0, 0.1) is 6.92 Å². The Hall–Kier alpha value is -2.48. The third-order valence-electron chi connectivity index (χ3n) is 5.85. The molecule has 0 amide bonds. The average molecular weight is 343 g/mol. The Kier molecular flexibility index (Phi) is 3.85. The van der Waals surface area contributed by atoms with Crippen LogP contribution >= 0.6 is 0 Å². The molecule has 0 bridgehead atoms. The standard InChI is InChI=1S/C24H25NO/c1-17-16-20-12-6-11-19-9-3-5-14-22(19)25(24(20)26-17)23-15-7-10-18-8-2-4-13-21(18)23/h3,5,7,9-10,14-16H,2,4,6,8,11-13H2,1H3. The summed E-state index contributed by atoms with van der Waals surface area (Å²) in [6, 6.07) is 17.9. The highest BCUT2D eigenvalue weighted by Crippen LogP contribution is 2.45. The third-order valence-corrected chi connectivity index (χ3v) is 5.85. The summed E-state index contributed by atoms with van der Waals surface area (Å²) < 4.78 is 6.28. The SMILES string of the molecule is Cc1cc2c(o1)N(c1cccc3c1CCCC3)c1ccccc1CCC2. The second kappa shape index (κ2) is 6.35. The number of rotatable bonds is 1. The Morgan fingerprint density at radius 1 is 0.731 bits per heavy atom. The second-order valence-corrected chi connectivity index (χ2v) is 7.63. The minimum atomic E-state index is 1.00. The first kappa shape index (κ1) is 15.7. The molecule has 0 saturated heterocycles. The Balaban J connectivity index is 1.78. The second-order valence-electron chi connectivity index (χ2n) is 7.63. The van der Waals surface area contributed by atoms with Crippen LogP contribution in [0.15, 0.2) is 52.9 Å². The minimum absolute atomic E-state index is 1.00. The first-order valence-corrected chi connectivity index (χ1v) is 9.89. The van der Waals surface area contributed by atoms with Gasteiger partial charge in [-0.05, 0) is 86.8 Å². The van der Waals surface area contributed by atoms with Crippen LogP contribution in [0.2, 0.25) is 0 Å². The smallest absolute Gasteiger partial charge is 0.207 e. The van der Waals surface area contributed by atoms with Crippen LogP contribution in [-0.4, -0.2) is 0 Å². The molecule has 0 spiro atoms. The van der Waals surface area contributed by atoms with Crippen molar-refractivity contribution in [3.8, 4) is 0 Å². The molecule has 5 rings (SSSR count). The van der Waals surface area contributed by atoms with Crippen molar-refractivity contribution in [2.45, 2.75) is 51.9 Å². The Morgan fingerprint density at radius 3 is 2.42 bits per heavy atom. The lowest BCUT2D eigenvalue weighted by Crippen LogP contribution is -2.18. The van der Waals surface area contributed by atoms with Gasteiger partial charge in [0.2, 0.25) is 5.88 Å². The highest BCUT2D eigenvalue weighted by molar-refractivity contribution is 5.80. The van der Waals surface area contributed by atoms with E-state index in [1.807, 2.05) is 0 Å². The zero-order chi connectivity index (χ0) is 17.5. The molecule has 2 aromatic carbocycles. The maximum absolute atomic E-state index is 6.28. The fraction of sp³-hybridized carbons (Fsp3) is 0.333. The van der Waals surface area contributed by atoms with Crippen LogP contribution in [0.1, 0.15) is 47.3 Å². The van der Waals surface area contributed by atoms with E-state index in [9.17, 15) is 0 Å². The predicted octanol–water partition coefficient (Wildman–Crippen LogP) is 6.43. The normalized spacial score (nSPS) is 16.3. The molecule has 1 aliphatic carbocycles. The molecule has 0 fully saturated rings. The van der Waals surface area contributed by atoms with Crippen LogP contribution in [-0.2, 0) is 25.7 Å². The molecule has 0 saturated carbocycles. The van der Waals surface area contributed by atoms with E-state index in [4.69, 9.17) is 4.42 Å². The summed E-state index contributed by atoms with van der Waals surface area (Å²) in [5, 5.41) is 0. The van der Waals surface area contributed by atoms with Crippen LogP contribution in [0.3, 0.4) is 0 Å². The van der Waals surface area contributed by atoms with Gasteiger partial charge in [0.25, 0.3) is 0 Å². The number of para-hydroxylation sites is 1. The molecular weight excluding hydrogens is 318 g/mol. The lowest BCUT2D eigenvalue weighted by atomic mass is 9.89. The molecule has 0 atom stereocenters. The van der Waals surface area contributed by atoms with Crippen LogP contribution in [0.25, 0.3) is 0 Å². The lowest BCUT2D eigenvalue weighted by Gasteiger charge is -2.31. The van der Waals surface area contributed by atoms with E-state index in [0.717, 1.165) is 24.5 Å². The van der Waals surface area contributed by atoms with E-state index in [-0.39, 0.29) is 0 Å². The fourth-order valence-corrected chi connectivity index (χ4v) is 4.65. The van der Waals surface area contributed by atoms with Crippen molar-refractivity contribution in [1.29, 1.82) is 0 Å². The lowest BCUT2D eigenvalue weighted by molar-refractivity contribution is 0.537. The molecule has 2 aliphatic rings. The molecule has 2 heteroatoms. The number of hydrogen-bond acceptors (Lipinski definition) is 2. The van der Waals surface area contributed by atoms with Gasteiger partial charge < -0.3 is 4.42 Å². The van der Waals surface area contributed by atoms with E-state index < -0.39 is 0 Å². The van der Waals surface area contributed by atoms with E-state index in [0.29, 0.717) is 0 Å². The Labute approximate surface area is 155 Å². The zero-order valence-corrected chi connectivity index (χ0v) is 15.4. The predicted molar refractivity (Wildman–Crippen MR) is 107 cm³/mol. The van der Waals surface area contributed by atoms with Crippen molar-refractivity contribution in [2.75, 3.05) is 4.90 Å². The van der Waals surface area contributed by atoms with Gasteiger partial charge in [0.1, 0.15) is 5.76 Å². The molecular formula is C24H25NO. The summed E-state index contributed by atoms with van der Waals surface area (Å²) in [5.41, 5.74) is 8.37. The molecule has 2 heterocycles. The van der Waals surface area contributed by atoms with Crippen molar-refractivity contribution in [2.24, 2.45) is 0 Å². The molecule has 0 radical (unpaired) electrons. The van der Waals surface area contributed by atoms with Gasteiger partial charge in [0, 0.05) is 5.56 Å². The average Bonchev–Trinajstić information content (AvgIpc) is 3.02. The number of furan rings is 1. The summed E-state index contributed by atoms with van der Waals surface area (Å²) in [5.74, 6) is 2.03. The van der Waals surface area contributed by atoms with Crippen molar-refractivity contribution < 1.29 is 4.42 Å². The molecule has 0 unspecified atom stereocenters. The molecule has 132 valence electrons. The summed E-state index contributed by atoms with van der Waals surface area (Å²) in [6.07, 6.45) is 8.31. The van der Waals surface area contributed by atoms with Crippen LogP contribution < -0.4 is 4.90 Å². The molecule has 26 heavy (non-hydrogen) atoms. The highest BCUT2D eigenvalue weighted by atomic mass is 16.4. The summed E-state index contributed by atoms with van der Waals surface area (Å²) in [6.45, 7) is 2.06. The van der Waals surface area contributed by atoms with Gasteiger partial charge in [-0.25, -0.2) is 0 Å². The van der Waals surface area contributed by atoms with Gasteiger partial charge in [-0.15, -0.1) is 0 Å². The Bertz CT molecular complexity index is 953. The van der Waals surface area contributed by atoms with E-state index in [2.05, 4.69) is 60.4 Å². The molecule has 0 N–H and O–H groups in total. The quantitative estimate of drug-likeness (QED) is 0.506. The number of anilines is 3. The van der Waals surface area contributed by atoms with E-state index >= 15 is 0 Å². The first-order chi connectivity index (χ1) is 12.8. The molecule has 1 aromatic heterocycles. The summed E-state index contributed by atoms with van der Waals surface area (Å²) in [7, 11) is 0. The van der Waals surface area contributed by atoms with Gasteiger partial charge in [0.05, 0.1) is 11.4 Å². The minimum Gasteiger partial charge on any atom is -0.445 e.